The maximum Gasteiger partial charge on any atom is 0.342 e. The topological polar surface area (TPSA) is 61.8 Å². The molecule has 0 amide bonds. The van der Waals surface area contributed by atoms with Crippen LogP contribution >= 0.6 is 0 Å². The molecule has 5 heteroatoms. The van der Waals surface area contributed by atoms with Crippen molar-refractivity contribution in [2.75, 3.05) is 7.11 Å². The van der Waals surface area contributed by atoms with E-state index >= 15 is 0 Å². The first kappa shape index (κ1) is 13.0. The third kappa shape index (κ3) is 1.55. The van der Waals surface area contributed by atoms with Gasteiger partial charge in [0.25, 0.3) is 5.79 Å². The van der Waals surface area contributed by atoms with E-state index in [1.54, 1.807) is 33.1 Å². The lowest BCUT2D eigenvalue weighted by Crippen LogP contribution is -2.25. The van der Waals surface area contributed by atoms with Gasteiger partial charge in [0.1, 0.15) is 5.75 Å². The second-order valence-electron chi connectivity index (χ2n) is 5.96. The molecule has 5 nitrogen and oxygen atoms in total. The van der Waals surface area contributed by atoms with E-state index in [0.29, 0.717) is 23.3 Å². The molecule has 1 saturated heterocycles. The standard InChI is InChI=1S/C15H16O5/c1-8-5-9-10(6-11(8)18-4)15(19-12(9)16)7-14(2,3)13(17)20-15/h5-6H,7H2,1-4H3/t15-/m1/s1. The Morgan fingerprint density at radius 2 is 1.90 bits per heavy atom. The summed E-state index contributed by atoms with van der Waals surface area (Å²) >= 11 is 0. The number of methoxy groups -OCH3 is 1. The Kier molecular flexibility index (Phi) is 2.43. The zero-order valence-electron chi connectivity index (χ0n) is 11.9. The second kappa shape index (κ2) is 3.75. The number of aryl methyl sites for hydroxylation is 1. The fourth-order valence-corrected chi connectivity index (χ4v) is 2.84. The molecule has 3 rings (SSSR count). The summed E-state index contributed by atoms with van der Waals surface area (Å²) < 4.78 is 16.1. The molecule has 0 radical (unpaired) electrons. The first-order chi connectivity index (χ1) is 9.29. The highest BCUT2D eigenvalue weighted by atomic mass is 16.7. The van der Waals surface area contributed by atoms with Crippen LogP contribution in [-0.4, -0.2) is 19.0 Å². The zero-order chi connectivity index (χ0) is 14.7. The normalized spacial score (nSPS) is 26.4. The molecular formula is C15H16O5. The molecule has 106 valence electrons. The fourth-order valence-electron chi connectivity index (χ4n) is 2.84. The number of ether oxygens (including phenoxy) is 3. The van der Waals surface area contributed by atoms with Crippen molar-refractivity contribution in [2.45, 2.75) is 33.0 Å². The quantitative estimate of drug-likeness (QED) is 0.736. The summed E-state index contributed by atoms with van der Waals surface area (Å²) in [5.41, 5.74) is 1.17. The first-order valence-corrected chi connectivity index (χ1v) is 6.45. The van der Waals surface area contributed by atoms with Crippen molar-refractivity contribution in [1.29, 1.82) is 0 Å². The third-order valence-electron chi connectivity index (χ3n) is 3.91. The van der Waals surface area contributed by atoms with Crippen LogP contribution in [0.15, 0.2) is 12.1 Å². The van der Waals surface area contributed by atoms with Crippen molar-refractivity contribution in [1.82, 2.24) is 0 Å². The monoisotopic (exact) mass is 276 g/mol. The third-order valence-corrected chi connectivity index (χ3v) is 3.91. The lowest BCUT2D eigenvalue weighted by molar-refractivity contribution is -0.189. The van der Waals surface area contributed by atoms with Crippen molar-refractivity contribution in [3.8, 4) is 5.75 Å². The van der Waals surface area contributed by atoms with E-state index < -0.39 is 17.2 Å². The Morgan fingerprint density at radius 1 is 1.20 bits per heavy atom. The highest BCUT2D eigenvalue weighted by Gasteiger charge is 2.60. The lowest BCUT2D eigenvalue weighted by Gasteiger charge is -2.22. The largest absolute Gasteiger partial charge is 0.496 e. The molecule has 20 heavy (non-hydrogen) atoms. The minimum absolute atomic E-state index is 0.309. The van der Waals surface area contributed by atoms with Crippen LogP contribution in [-0.2, 0) is 20.1 Å². The van der Waals surface area contributed by atoms with E-state index in [2.05, 4.69) is 0 Å². The smallest absolute Gasteiger partial charge is 0.342 e. The Hall–Kier alpha value is -2.04. The summed E-state index contributed by atoms with van der Waals surface area (Å²) in [7, 11) is 1.56. The van der Waals surface area contributed by atoms with E-state index in [1.165, 1.54) is 0 Å². The molecule has 0 unspecified atom stereocenters. The van der Waals surface area contributed by atoms with Crippen molar-refractivity contribution in [2.24, 2.45) is 5.41 Å². The molecule has 2 aliphatic rings. The predicted molar refractivity (Wildman–Crippen MR) is 69.3 cm³/mol. The van der Waals surface area contributed by atoms with Crippen LogP contribution in [0, 0.1) is 12.3 Å². The summed E-state index contributed by atoms with van der Waals surface area (Å²) in [4.78, 5) is 24.0. The Labute approximate surface area is 116 Å². The summed E-state index contributed by atoms with van der Waals surface area (Å²) in [5, 5.41) is 0. The average molecular weight is 276 g/mol. The number of hydrogen-bond donors (Lipinski definition) is 0. The molecule has 0 aromatic heterocycles. The minimum atomic E-state index is -1.30. The van der Waals surface area contributed by atoms with Gasteiger partial charge >= 0.3 is 11.9 Å². The van der Waals surface area contributed by atoms with Gasteiger partial charge in [-0.05, 0) is 38.5 Å². The molecule has 0 bridgehead atoms. The van der Waals surface area contributed by atoms with Gasteiger partial charge in [-0.1, -0.05) is 0 Å². The lowest BCUT2D eigenvalue weighted by atomic mass is 9.85. The van der Waals surface area contributed by atoms with E-state index in [1.807, 2.05) is 6.92 Å². The van der Waals surface area contributed by atoms with Crippen molar-refractivity contribution >= 4 is 11.9 Å². The molecule has 1 atom stereocenters. The van der Waals surface area contributed by atoms with Crippen LogP contribution in [0.4, 0.5) is 0 Å². The number of carbonyl (C=O) groups excluding carboxylic acids is 2. The van der Waals surface area contributed by atoms with Crippen molar-refractivity contribution in [3.63, 3.8) is 0 Å². The zero-order valence-corrected chi connectivity index (χ0v) is 11.9. The summed E-state index contributed by atoms with van der Waals surface area (Å²) in [6.45, 7) is 5.41. The van der Waals surface area contributed by atoms with Gasteiger partial charge in [-0.2, -0.15) is 0 Å². The van der Waals surface area contributed by atoms with Crippen LogP contribution in [0.5, 0.6) is 5.75 Å². The number of hydrogen-bond acceptors (Lipinski definition) is 5. The molecule has 1 aromatic carbocycles. The van der Waals surface area contributed by atoms with Gasteiger partial charge in [-0.15, -0.1) is 0 Å². The van der Waals surface area contributed by atoms with E-state index in [9.17, 15) is 9.59 Å². The molecule has 2 heterocycles. The van der Waals surface area contributed by atoms with Crippen LogP contribution in [0.1, 0.15) is 41.8 Å². The van der Waals surface area contributed by atoms with Crippen LogP contribution in [0.3, 0.4) is 0 Å². The van der Waals surface area contributed by atoms with Crippen molar-refractivity contribution < 1.29 is 23.8 Å². The SMILES string of the molecule is COc1cc2c(cc1C)C(=O)O[C@@]21CC(C)(C)C(=O)O1. The summed E-state index contributed by atoms with van der Waals surface area (Å²) in [6, 6.07) is 3.44. The van der Waals surface area contributed by atoms with Crippen molar-refractivity contribution in [3.05, 3.63) is 28.8 Å². The highest BCUT2D eigenvalue weighted by molar-refractivity contribution is 5.96. The van der Waals surface area contributed by atoms with Gasteiger partial charge in [0, 0.05) is 6.42 Å². The molecule has 2 aliphatic heterocycles. The maximum atomic E-state index is 12.0. The Bertz CT molecular complexity index is 631. The second-order valence-corrected chi connectivity index (χ2v) is 5.96. The van der Waals surface area contributed by atoms with Crippen LogP contribution < -0.4 is 4.74 Å². The molecule has 1 fully saturated rings. The number of fused-ring (bicyclic) bond motifs is 2. The average Bonchev–Trinajstić information content (AvgIpc) is 2.73. The summed E-state index contributed by atoms with van der Waals surface area (Å²) in [6.07, 6.45) is 0.309. The van der Waals surface area contributed by atoms with Crippen LogP contribution in [0.2, 0.25) is 0 Å². The van der Waals surface area contributed by atoms with Gasteiger partial charge in [0.2, 0.25) is 0 Å². The van der Waals surface area contributed by atoms with E-state index in [-0.39, 0.29) is 5.97 Å². The van der Waals surface area contributed by atoms with Gasteiger partial charge in [0.15, 0.2) is 0 Å². The Balaban J connectivity index is 2.17. The number of carbonyl (C=O) groups is 2. The van der Waals surface area contributed by atoms with Gasteiger partial charge in [-0.25, -0.2) is 4.79 Å². The Morgan fingerprint density at radius 3 is 2.45 bits per heavy atom. The van der Waals surface area contributed by atoms with E-state index in [0.717, 1.165) is 5.56 Å². The van der Waals surface area contributed by atoms with Gasteiger partial charge in [-0.3, -0.25) is 4.79 Å². The van der Waals surface area contributed by atoms with Gasteiger partial charge < -0.3 is 14.2 Å². The molecule has 1 spiro atoms. The molecular weight excluding hydrogens is 260 g/mol. The first-order valence-electron chi connectivity index (χ1n) is 6.45. The van der Waals surface area contributed by atoms with Crippen LogP contribution in [0.25, 0.3) is 0 Å². The maximum absolute atomic E-state index is 12.0. The molecule has 0 aliphatic carbocycles. The molecule has 0 N–H and O–H groups in total. The van der Waals surface area contributed by atoms with Gasteiger partial charge in [0.05, 0.1) is 23.7 Å². The number of benzene rings is 1. The summed E-state index contributed by atoms with van der Waals surface area (Å²) in [5.74, 6) is -1.48. The predicted octanol–water partition coefficient (Wildman–Crippen LogP) is 2.30. The fraction of sp³-hybridized carbons (Fsp3) is 0.467. The minimum Gasteiger partial charge on any atom is -0.496 e. The molecule has 0 saturated carbocycles. The number of esters is 2. The highest BCUT2D eigenvalue weighted by Crippen LogP contribution is 2.52. The number of rotatable bonds is 1. The van der Waals surface area contributed by atoms with E-state index in [4.69, 9.17) is 14.2 Å². The molecule has 1 aromatic rings.